The molecule has 27 heavy (non-hydrogen) atoms. The molecule has 0 radical (unpaired) electrons. The van der Waals surface area contributed by atoms with Gasteiger partial charge in [0, 0.05) is 24.5 Å². The summed E-state index contributed by atoms with van der Waals surface area (Å²) in [7, 11) is 0. The van der Waals surface area contributed by atoms with Crippen LogP contribution < -0.4 is 11.1 Å². The SMILES string of the molecule is Clc1ncnc2[nH]ccc12.NC1CC1.c1nc(NC2CC2)c2cc[nH]c2n1. The van der Waals surface area contributed by atoms with E-state index in [2.05, 4.69) is 35.2 Å². The predicted octanol–water partition coefficient (Wildman–Crippen LogP) is 3.25. The second-order valence-corrected chi connectivity index (χ2v) is 6.98. The number of aromatic nitrogens is 6. The molecule has 0 bridgehead atoms. The molecule has 4 aromatic rings. The van der Waals surface area contributed by atoms with E-state index in [9.17, 15) is 0 Å². The number of nitrogens with one attached hydrogen (secondary N) is 3. The van der Waals surface area contributed by atoms with Crippen LogP contribution >= 0.6 is 11.6 Å². The van der Waals surface area contributed by atoms with E-state index in [-0.39, 0.29) is 0 Å². The van der Waals surface area contributed by atoms with Crippen molar-refractivity contribution in [3.63, 3.8) is 0 Å². The second-order valence-electron chi connectivity index (χ2n) is 6.62. The highest BCUT2D eigenvalue weighted by Crippen LogP contribution is 2.26. The molecule has 0 aromatic carbocycles. The van der Waals surface area contributed by atoms with Crippen molar-refractivity contribution in [1.82, 2.24) is 29.9 Å². The largest absolute Gasteiger partial charge is 0.367 e. The zero-order chi connectivity index (χ0) is 18.6. The van der Waals surface area contributed by atoms with Gasteiger partial charge in [0.25, 0.3) is 0 Å². The van der Waals surface area contributed by atoms with Gasteiger partial charge < -0.3 is 21.0 Å². The number of H-pyrrole nitrogens is 2. The number of hydrogen-bond donors (Lipinski definition) is 4. The van der Waals surface area contributed by atoms with Gasteiger partial charge in [0.05, 0.1) is 10.8 Å². The van der Waals surface area contributed by atoms with Crippen LogP contribution in [0.1, 0.15) is 25.7 Å². The highest BCUT2D eigenvalue weighted by atomic mass is 35.5. The summed E-state index contributed by atoms with van der Waals surface area (Å²) < 4.78 is 0. The smallest absolute Gasteiger partial charge is 0.142 e. The molecule has 9 heteroatoms. The molecule has 8 nitrogen and oxygen atoms in total. The van der Waals surface area contributed by atoms with Crippen LogP contribution in [0.15, 0.2) is 37.2 Å². The highest BCUT2D eigenvalue weighted by Gasteiger charge is 2.22. The van der Waals surface area contributed by atoms with Gasteiger partial charge in [0.1, 0.15) is 34.9 Å². The third-order valence-electron chi connectivity index (χ3n) is 4.20. The molecule has 0 atom stereocenters. The Hall–Kier alpha value is -2.71. The van der Waals surface area contributed by atoms with E-state index >= 15 is 0 Å². The average Bonchev–Trinajstić information content (AvgIpc) is 3.54. The van der Waals surface area contributed by atoms with Crippen molar-refractivity contribution >= 4 is 39.5 Å². The van der Waals surface area contributed by atoms with Crippen LogP contribution in [-0.2, 0) is 0 Å². The first-order valence-electron chi connectivity index (χ1n) is 8.94. The summed E-state index contributed by atoms with van der Waals surface area (Å²) in [6.45, 7) is 0. The lowest BCUT2D eigenvalue weighted by Gasteiger charge is -2.02. The van der Waals surface area contributed by atoms with Crippen LogP contribution in [0.2, 0.25) is 5.15 Å². The fourth-order valence-corrected chi connectivity index (χ4v) is 2.54. The van der Waals surface area contributed by atoms with Gasteiger partial charge in [-0.15, -0.1) is 0 Å². The minimum absolute atomic E-state index is 0.492. The first kappa shape index (κ1) is 17.7. The van der Waals surface area contributed by atoms with Crippen LogP contribution in [0.5, 0.6) is 0 Å². The molecule has 0 saturated heterocycles. The normalized spacial score (nSPS) is 15.6. The van der Waals surface area contributed by atoms with E-state index in [0.717, 1.165) is 27.9 Å². The van der Waals surface area contributed by atoms with Gasteiger partial charge in [-0.05, 0) is 37.8 Å². The molecule has 0 amide bonds. The zero-order valence-electron chi connectivity index (χ0n) is 14.7. The fourth-order valence-electron chi connectivity index (χ4n) is 2.35. The maximum Gasteiger partial charge on any atom is 0.142 e. The molecule has 5 N–H and O–H groups in total. The number of hydrogen-bond acceptors (Lipinski definition) is 6. The molecule has 0 spiro atoms. The van der Waals surface area contributed by atoms with E-state index in [1.807, 2.05) is 18.3 Å². The first-order chi connectivity index (χ1) is 13.2. The minimum atomic E-state index is 0.492. The summed E-state index contributed by atoms with van der Waals surface area (Å²) in [5.74, 6) is 0.953. The van der Waals surface area contributed by atoms with Crippen molar-refractivity contribution in [1.29, 1.82) is 0 Å². The van der Waals surface area contributed by atoms with Gasteiger partial charge in [-0.3, -0.25) is 0 Å². The van der Waals surface area contributed by atoms with Crippen LogP contribution in [-0.4, -0.2) is 42.0 Å². The van der Waals surface area contributed by atoms with Crippen LogP contribution in [0.25, 0.3) is 22.1 Å². The second kappa shape index (κ2) is 7.89. The van der Waals surface area contributed by atoms with Crippen molar-refractivity contribution in [3.05, 3.63) is 42.3 Å². The van der Waals surface area contributed by atoms with Crippen molar-refractivity contribution < 1.29 is 0 Å². The van der Waals surface area contributed by atoms with E-state index in [1.165, 1.54) is 32.0 Å². The van der Waals surface area contributed by atoms with E-state index in [0.29, 0.717) is 17.2 Å². The summed E-state index contributed by atoms with van der Waals surface area (Å²) in [4.78, 5) is 22.1. The number of nitrogens with two attached hydrogens (primary N) is 1. The number of rotatable bonds is 2. The lowest BCUT2D eigenvalue weighted by molar-refractivity contribution is 1.07. The quantitative estimate of drug-likeness (QED) is 0.393. The third kappa shape index (κ3) is 4.72. The van der Waals surface area contributed by atoms with Gasteiger partial charge in [-0.1, -0.05) is 11.6 Å². The lowest BCUT2D eigenvalue weighted by atomic mass is 10.4. The van der Waals surface area contributed by atoms with E-state index in [4.69, 9.17) is 17.3 Å². The molecular formula is C18H21ClN8. The Morgan fingerprint density at radius 1 is 0.889 bits per heavy atom. The maximum absolute atomic E-state index is 5.73. The van der Waals surface area contributed by atoms with Crippen molar-refractivity contribution in [3.8, 4) is 0 Å². The number of halogens is 1. The molecule has 2 fully saturated rings. The van der Waals surface area contributed by atoms with Crippen LogP contribution in [0.3, 0.4) is 0 Å². The minimum Gasteiger partial charge on any atom is -0.367 e. The molecule has 2 saturated carbocycles. The molecule has 0 unspecified atom stereocenters. The van der Waals surface area contributed by atoms with E-state index in [1.54, 1.807) is 12.5 Å². The topological polar surface area (TPSA) is 121 Å². The number of fused-ring (bicyclic) bond motifs is 2. The molecule has 0 aliphatic heterocycles. The van der Waals surface area contributed by atoms with Crippen LogP contribution in [0, 0.1) is 0 Å². The lowest BCUT2D eigenvalue weighted by Crippen LogP contribution is -2.03. The molecule has 2 aliphatic rings. The van der Waals surface area contributed by atoms with Gasteiger partial charge in [-0.25, -0.2) is 19.9 Å². The molecule has 6 rings (SSSR count). The van der Waals surface area contributed by atoms with Gasteiger partial charge in [-0.2, -0.15) is 0 Å². The van der Waals surface area contributed by atoms with Gasteiger partial charge in [0.15, 0.2) is 0 Å². The van der Waals surface area contributed by atoms with Gasteiger partial charge in [0.2, 0.25) is 0 Å². The number of nitrogens with zero attached hydrogens (tertiary/aromatic N) is 4. The first-order valence-corrected chi connectivity index (χ1v) is 9.32. The summed E-state index contributed by atoms with van der Waals surface area (Å²) >= 11 is 5.73. The molecule has 4 heterocycles. The monoisotopic (exact) mass is 384 g/mol. The zero-order valence-corrected chi connectivity index (χ0v) is 15.4. The molecule has 4 aromatic heterocycles. The Morgan fingerprint density at radius 2 is 1.48 bits per heavy atom. The Kier molecular flexibility index (Phi) is 5.17. The van der Waals surface area contributed by atoms with E-state index < -0.39 is 0 Å². The Balaban J connectivity index is 0.000000114. The highest BCUT2D eigenvalue weighted by molar-refractivity contribution is 6.33. The van der Waals surface area contributed by atoms with Crippen LogP contribution in [0.4, 0.5) is 5.82 Å². The summed E-state index contributed by atoms with van der Waals surface area (Å²) in [6.07, 6.45) is 11.7. The summed E-state index contributed by atoms with van der Waals surface area (Å²) in [5, 5.41) is 5.81. The van der Waals surface area contributed by atoms with Gasteiger partial charge >= 0.3 is 0 Å². The van der Waals surface area contributed by atoms with Crippen molar-refractivity contribution in [2.45, 2.75) is 37.8 Å². The molecular weight excluding hydrogens is 364 g/mol. The Bertz CT molecular complexity index is 1020. The number of aromatic amines is 2. The number of anilines is 1. The predicted molar refractivity (Wildman–Crippen MR) is 107 cm³/mol. The van der Waals surface area contributed by atoms with Crippen molar-refractivity contribution in [2.75, 3.05) is 5.32 Å². The molecule has 2 aliphatic carbocycles. The average molecular weight is 385 g/mol. The van der Waals surface area contributed by atoms with Crippen molar-refractivity contribution in [2.24, 2.45) is 5.73 Å². The summed E-state index contributed by atoms with van der Waals surface area (Å²) in [6, 6.07) is 5.06. The third-order valence-corrected chi connectivity index (χ3v) is 4.50. The fraction of sp³-hybridized carbons (Fsp3) is 0.333. The Morgan fingerprint density at radius 3 is 2.07 bits per heavy atom. The summed E-state index contributed by atoms with van der Waals surface area (Å²) in [5.41, 5.74) is 6.90. The molecule has 140 valence electrons. The standard InChI is InChI=1S/C9H10N4.C6H4ClN3.C3H7N/c1-2-6(1)13-9-7-3-4-10-8(7)11-5-12-9;7-5-4-1-2-8-6(4)10-3-9-5;4-3-1-2-3/h3-6H,1-2H2,(H2,10,11,12,13);1-3H,(H,8,9,10);3H,1-2,4H2. The maximum atomic E-state index is 5.73. The Labute approximate surface area is 161 Å².